The molecule has 2 aliphatic heterocycles. The number of alkyl halides is 3. The molecular weight excluding hydrogens is 485 g/mol. The molecule has 0 amide bonds. The van der Waals surface area contributed by atoms with Crippen molar-refractivity contribution in [1.82, 2.24) is 0 Å². The topological polar surface area (TPSA) is 60.3 Å². The fraction of sp³-hybridized carbons (Fsp3) is 0.423. The van der Waals surface area contributed by atoms with Crippen LogP contribution in [-0.4, -0.2) is 55.7 Å². The number of rotatable bonds is 6. The van der Waals surface area contributed by atoms with Crippen LogP contribution in [0.4, 0.5) is 22.0 Å². The van der Waals surface area contributed by atoms with E-state index >= 15 is 0 Å². The molecule has 1 N–H and O–H groups in total. The SMILES string of the molecule is C.C=CC(OC/C(=N\O)c1ccccc1F)C(F)(F)F.C[C@H]1OC[C@]2(c3ccccc3F)COC[C@H]12. The predicted octanol–water partition coefficient (Wildman–Crippen LogP) is 5.90. The Morgan fingerprint density at radius 2 is 1.81 bits per heavy atom. The summed E-state index contributed by atoms with van der Waals surface area (Å²) in [5.41, 5.74) is 0.0242. The van der Waals surface area contributed by atoms with Crippen molar-refractivity contribution in [3.05, 3.63) is 83.9 Å². The molecule has 0 spiro atoms. The van der Waals surface area contributed by atoms with Gasteiger partial charge in [-0.2, -0.15) is 13.2 Å². The maximum absolute atomic E-state index is 13.9. The molecule has 2 aromatic rings. The Balaban J connectivity index is 0.000000249. The van der Waals surface area contributed by atoms with Gasteiger partial charge in [-0.25, -0.2) is 8.78 Å². The van der Waals surface area contributed by atoms with Gasteiger partial charge in [0.15, 0.2) is 6.10 Å². The zero-order chi connectivity index (χ0) is 25.6. The number of oxime groups is 1. The van der Waals surface area contributed by atoms with Gasteiger partial charge in [0.05, 0.1) is 37.9 Å². The number of nitrogens with zero attached hydrogens (tertiary/aromatic N) is 1. The third-order valence-electron chi connectivity index (χ3n) is 6.19. The van der Waals surface area contributed by atoms with Crippen LogP contribution in [0.3, 0.4) is 0 Å². The molecule has 0 radical (unpaired) electrons. The summed E-state index contributed by atoms with van der Waals surface area (Å²) in [6.45, 7) is 6.16. The summed E-state index contributed by atoms with van der Waals surface area (Å²) in [5, 5.41) is 11.5. The van der Waals surface area contributed by atoms with Gasteiger partial charge in [-0.15, -0.1) is 6.58 Å². The Morgan fingerprint density at radius 3 is 2.39 bits per heavy atom. The van der Waals surface area contributed by atoms with Gasteiger partial charge in [0.1, 0.15) is 17.3 Å². The highest BCUT2D eigenvalue weighted by atomic mass is 19.4. The Hall–Kier alpha value is -2.82. The summed E-state index contributed by atoms with van der Waals surface area (Å²) in [6.07, 6.45) is -6.12. The third-order valence-corrected chi connectivity index (χ3v) is 6.19. The molecule has 36 heavy (non-hydrogen) atoms. The first-order valence-corrected chi connectivity index (χ1v) is 10.8. The van der Waals surface area contributed by atoms with Crippen molar-refractivity contribution in [3.8, 4) is 0 Å². The van der Waals surface area contributed by atoms with Crippen LogP contribution in [0.1, 0.15) is 25.5 Å². The van der Waals surface area contributed by atoms with Crippen molar-refractivity contribution >= 4 is 5.71 Å². The van der Waals surface area contributed by atoms with Crippen molar-refractivity contribution in [3.63, 3.8) is 0 Å². The van der Waals surface area contributed by atoms with Crippen LogP contribution < -0.4 is 0 Å². The van der Waals surface area contributed by atoms with Gasteiger partial charge in [-0.1, -0.05) is 49.0 Å². The largest absolute Gasteiger partial charge is 0.418 e. The lowest BCUT2D eigenvalue weighted by Crippen LogP contribution is -2.35. The van der Waals surface area contributed by atoms with Gasteiger partial charge >= 0.3 is 6.18 Å². The molecule has 2 aliphatic rings. The van der Waals surface area contributed by atoms with E-state index in [0.717, 1.165) is 11.6 Å². The highest BCUT2D eigenvalue weighted by Crippen LogP contribution is 2.46. The van der Waals surface area contributed by atoms with Crippen molar-refractivity contribution < 1.29 is 41.4 Å². The number of ether oxygens (including phenoxy) is 3. The van der Waals surface area contributed by atoms with E-state index in [1.807, 2.05) is 19.1 Å². The van der Waals surface area contributed by atoms with Crippen molar-refractivity contribution in [1.29, 1.82) is 0 Å². The smallest absolute Gasteiger partial charge is 0.411 e. The molecule has 2 aromatic carbocycles. The van der Waals surface area contributed by atoms with Crippen LogP contribution in [0, 0.1) is 17.6 Å². The average Bonchev–Trinajstić information content (AvgIpc) is 3.39. The van der Waals surface area contributed by atoms with Gasteiger partial charge in [0, 0.05) is 11.5 Å². The summed E-state index contributed by atoms with van der Waals surface area (Å²) < 4.78 is 80.2. The van der Waals surface area contributed by atoms with Crippen LogP contribution in [0.25, 0.3) is 0 Å². The highest BCUT2D eigenvalue weighted by molar-refractivity contribution is 6.01. The molecule has 0 bridgehead atoms. The van der Waals surface area contributed by atoms with Gasteiger partial charge in [0.25, 0.3) is 0 Å². The quantitative estimate of drug-likeness (QED) is 0.171. The summed E-state index contributed by atoms with van der Waals surface area (Å²) in [4.78, 5) is 0. The fourth-order valence-electron chi connectivity index (χ4n) is 4.31. The minimum atomic E-state index is -4.63. The van der Waals surface area contributed by atoms with Gasteiger partial charge in [0.2, 0.25) is 0 Å². The first-order valence-electron chi connectivity index (χ1n) is 10.8. The van der Waals surface area contributed by atoms with Gasteiger partial charge in [-0.05, 0) is 30.7 Å². The molecule has 2 saturated heterocycles. The highest BCUT2D eigenvalue weighted by Gasteiger charge is 2.54. The zero-order valence-corrected chi connectivity index (χ0v) is 19.0. The van der Waals surface area contributed by atoms with E-state index < -0.39 is 24.7 Å². The predicted molar refractivity (Wildman–Crippen MR) is 125 cm³/mol. The molecule has 5 nitrogen and oxygen atoms in total. The minimum absolute atomic E-state index is 0. The second-order valence-corrected chi connectivity index (χ2v) is 8.31. The van der Waals surface area contributed by atoms with Crippen molar-refractivity contribution in [2.75, 3.05) is 26.4 Å². The standard InChI is InChI=1S/C13H15FO2.C12H11F4NO2.CH4/c1-9-11-6-15-7-13(11,8-16-9)10-4-2-3-5-12(10)14;1-2-11(12(14,15)16)19-7-10(17-18)8-5-3-4-6-9(8)13;/h2-5,9,11H,6-8H2,1H3;2-6,11,18H,1,7H2;1H4/b;17-10+;/t9-,11-,13+;;/m1../s1. The van der Waals surface area contributed by atoms with E-state index in [9.17, 15) is 22.0 Å². The molecule has 0 saturated carbocycles. The van der Waals surface area contributed by atoms with Crippen LogP contribution in [0.2, 0.25) is 0 Å². The minimum Gasteiger partial charge on any atom is -0.411 e. The van der Waals surface area contributed by atoms with E-state index in [1.165, 1.54) is 24.3 Å². The molecule has 10 heteroatoms. The lowest BCUT2D eigenvalue weighted by molar-refractivity contribution is -0.199. The number of fused-ring (bicyclic) bond motifs is 1. The Kier molecular flexibility index (Phi) is 10.2. The third kappa shape index (κ3) is 6.29. The molecule has 198 valence electrons. The molecule has 0 aliphatic carbocycles. The Morgan fingerprint density at radius 1 is 1.17 bits per heavy atom. The molecule has 2 heterocycles. The van der Waals surface area contributed by atoms with E-state index in [2.05, 4.69) is 16.5 Å². The van der Waals surface area contributed by atoms with Crippen LogP contribution in [0.5, 0.6) is 0 Å². The lowest BCUT2D eigenvalue weighted by atomic mass is 9.73. The molecule has 0 aromatic heterocycles. The molecule has 4 atom stereocenters. The van der Waals surface area contributed by atoms with E-state index in [0.29, 0.717) is 25.9 Å². The van der Waals surface area contributed by atoms with E-state index in [4.69, 9.17) is 14.7 Å². The zero-order valence-electron chi connectivity index (χ0n) is 19.0. The van der Waals surface area contributed by atoms with Crippen molar-refractivity contribution in [2.24, 2.45) is 11.1 Å². The summed E-state index contributed by atoms with van der Waals surface area (Å²) >= 11 is 0. The second-order valence-electron chi connectivity index (χ2n) is 8.31. The maximum atomic E-state index is 13.9. The number of hydrogen-bond donors (Lipinski definition) is 1. The van der Waals surface area contributed by atoms with Crippen LogP contribution in [0.15, 0.2) is 66.3 Å². The summed E-state index contributed by atoms with van der Waals surface area (Å²) in [7, 11) is 0. The van der Waals surface area contributed by atoms with Crippen LogP contribution >= 0.6 is 0 Å². The molecule has 4 rings (SSSR count). The first-order chi connectivity index (χ1) is 16.6. The maximum Gasteiger partial charge on any atom is 0.418 e. The van der Waals surface area contributed by atoms with Crippen LogP contribution in [-0.2, 0) is 19.6 Å². The van der Waals surface area contributed by atoms with Crippen molar-refractivity contribution in [2.45, 2.75) is 38.1 Å². The normalized spacial score (nSPS) is 24.2. The number of halogens is 5. The summed E-state index contributed by atoms with van der Waals surface area (Å²) in [5.74, 6) is -0.582. The molecular formula is C26H30F5NO4. The van der Waals surface area contributed by atoms with Gasteiger partial charge < -0.3 is 19.4 Å². The Labute approximate surface area is 207 Å². The first kappa shape index (κ1) is 29.4. The van der Waals surface area contributed by atoms with E-state index in [1.54, 1.807) is 6.07 Å². The average molecular weight is 516 g/mol. The summed E-state index contributed by atoms with van der Waals surface area (Å²) in [6, 6.07) is 12.2. The fourth-order valence-corrected chi connectivity index (χ4v) is 4.31. The second kappa shape index (κ2) is 12.4. The number of hydrogen-bond acceptors (Lipinski definition) is 5. The lowest BCUT2D eigenvalue weighted by Gasteiger charge is -2.27. The Bertz CT molecular complexity index is 1040. The van der Waals surface area contributed by atoms with Gasteiger partial charge in [-0.3, -0.25) is 0 Å². The molecule has 1 unspecified atom stereocenters. The molecule has 2 fully saturated rings. The number of benzene rings is 2. The van der Waals surface area contributed by atoms with E-state index in [-0.39, 0.29) is 42.0 Å². The monoisotopic (exact) mass is 515 g/mol.